The summed E-state index contributed by atoms with van der Waals surface area (Å²) < 4.78 is 0. The molecule has 0 fully saturated rings. The highest BCUT2D eigenvalue weighted by Gasteiger charge is 2.05. The van der Waals surface area contributed by atoms with Crippen molar-refractivity contribution in [1.82, 2.24) is 10.6 Å². The SMILES string of the molecule is CCCC.O=C(CNC(=O)Cc1ccccc1)NCCO. The Morgan fingerprint density at radius 2 is 1.62 bits per heavy atom. The monoisotopic (exact) mass is 294 g/mol. The van der Waals surface area contributed by atoms with E-state index in [1.807, 2.05) is 30.3 Å². The number of unbranched alkanes of at least 4 members (excludes halogenated alkanes) is 1. The topological polar surface area (TPSA) is 78.4 Å². The summed E-state index contributed by atoms with van der Waals surface area (Å²) in [5.41, 5.74) is 0.903. The van der Waals surface area contributed by atoms with Crippen molar-refractivity contribution in [2.75, 3.05) is 19.7 Å². The summed E-state index contributed by atoms with van der Waals surface area (Å²) >= 11 is 0. The lowest BCUT2D eigenvalue weighted by Crippen LogP contribution is -2.38. The van der Waals surface area contributed by atoms with Gasteiger partial charge in [0.2, 0.25) is 11.8 Å². The fourth-order valence-electron chi connectivity index (χ4n) is 1.28. The molecule has 0 atom stereocenters. The molecule has 0 aliphatic carbocycles. The normalized spacial score (nSPS) is 9.29. The van der Waals surface area contributed by atoms with E-state index in [1.165, 1.54) is 12.8 Å². The van der Waals surface area contributed by atoms with Crippen LogP contribution >= 0.6 is 0 Å². The van der Waals surface area contributed by atoms with Crippen LogP contribution in [0.25, 0.3) is 0 Å². The molecule has 0 unspecified atom stereocenters. The lowest BCUT2D eigenvalue weighted by molar-refractivity contribution is -0.125. The lowest BCUT2D eigenvalue weighted by Gasteiger charge is -2.05. The molecule has 1 aromatic carbocycles. The van der Waals surface area contributed by atoms with Crippen LogP contribution in [0.2, 0.25) is 0 Å². The Kier molecular flexibility index (Phi) is 11.9. The first-order valence-corrected chi connectivity index (χ1v) is 7.32. The Bertz CT molecular complexity index is 392. The van der Waals surface area contributed by atoms with Crippen molar-refractivity contribution in [3.8, 4) is 0 Å². The molecule has 0 saturated carbocycles. The number of nitrogens with one attached hydrogen (secondary N) is 2. The molecular weight excluding hydrogens is 268 g/mol. The third-order valence-electron chi connectivity index (χ3n) is 2.59. The number of carbonyl (C=O) groups excluding carboxylic acids is 2. The summed E-state index contributed by atoms with van der Waals surface area (Å²) in [6.07, 6.45) is 2.90. The minimum absolute atomic E-state index is 0.0638. The summed E-state index contributed by atoms with van der Waals surface area (Å²) in [4.78, 5) is 22.6. The molecule has 0 spiro atoms. The molecule has 5 heteroatoms. The minimum atomic E-state index is -0.305. The highest BCUT2D eigenvalue weighted by molar-refractivity contribution is 5.85. The molecule has 0 aliphatic heterocycles. The smallest absolute Gasteiger partial charge is 0.239 e. The van der Waals surface area contributed by atoms with E-state index in [4.69, 9.17) is 5.11 Å². The van der Waals surface area contributed by atoms with Gasteiger partial charge in [0.25, 0.3) is 0 Å². The molecule has 21 heavy (non-hydrogen) atoms. The van der Waals surface area contributed by atoms with Gasteiger partial charge in [0.1, 0.15) is 0 Å². The number of benzene rings is 1. The van der Waals surface area contributed by atoms with E-state index in [-0.39, 0.29) is 37.9 Å². The molecule has 3 N–H and O–H groups in total. The number of hydrogen-bond donors (Lipinski definition) is 3. The van der Waals surface area contributed by atoms with Gasteiger partial charge in [0, 0.05) is 6.54 Å². The first-order valence-electron chi connectivity index (χ1n) is 7.32. The van der Waals surface area contributed by atoms with Gasteiger partial charge in [-0.05, 0) is 5.56 Å². The number of aliphatic hydroxyl groups is 1. The van der Waals surface area contributed by atoms with Crippen LogP contribution in [0.15, 0.2) is 30.3 Å². The van der Waals surface area contributed by atoms with Gasteiger partial charge in [0.15, 0.2) is 0 Å². The van der Waals surface area contributed by atoms with E-state index in [0.717, 1.165) is 5.56 Å². The highest BCUT2D eigenvalue weighted by atomic mass is 16.3. The molecule has 5 nitrogen and oxygen atoms in total. The maximum absolute atomic E-state index is 11.5. The van der Waals surface area contributed by atoms with Crippen molar-refractivity contribution < 1.29 is 14.7 Å². The van der Waals surface area contributed by atoms with Gasteiger partial charge in [0.05, 0.1) is 19.6 Å². The molecule has 0 heterocycles. The quantitative estimate of drug-likeness (QED) is 0.708. The maximum atomic E-state index is 11.5. The Labute approximate surface area is 126 Å². The minimum Gasteiger partial charge on any atom is -0.395 e. The summed E-state index contributed by atoms with van der Waals surface area (Å²) in [5, 5.41) is 13.4. The molecule has 118 valence electrons. The third-order valence-corrected chi connectivity index (χ3v) is 2.59. The molecule has 1 rings (SSSR count). The van der Waals surface area contributed by atoms with Crippen molar-refractivity contribution in [2.24, 2.45) is 0 Å². The molecule has 1 aromatic rings. The molecule has 0 saturated heterocycles. The predicted molar refractivity (Wildman–Crippen MR) is 83.8 cm³/mol. The first-order chi connectivity index (χ1) is 10.1. The van der Waals surface area contributed by atoms with Crippen molar-refractivity contribution in [3.63, 3.8) is 0 Å². The third kappa shape index (κ3) is 11.6. The molecule has 2 amide bonds. The van der Waals surface area contributed by atoms with Crippen molar-refractivity contribution in [2.45, 2.75) is 33.1 Å². The number of hydrogen-bond acceptors (Lipinski definition) is 3. The number of amides is 2. The number of carbonyl (C=O) groups is 2. The van der Waals surface area contributed by atoms with E-state index in [9.17, 15) is 9.59 Å². The Hall–Kier alpha value is -1.88. The van der Waals surface area contributed by atoms with Gasteiger partial charge in [-0.15, -0.1) is 0 Å². The fourth-order valence-corrected chi connectivity index (χ4v) is 1.28. The first kappa shape index (κ1) is 19.1. The average Bonchev–Trinajstić information content (AvgIpc) is 2.52. The van der Waals surface area contributed by atoms with Crippen LogP contribution in [0.1, 0.15) is 32.3 Å². The van der Waals surface area contributed by atoms with Crippen molar-refractivity contribution >= 4 is 11.8 Å². The van der Waals surface area contributed by atoms with E-state index in [1.54, 1.807) is 0 Å². The van der Waals surface area contributed by atoms with E-state index >= 15 is 0 Å². The van der Waals surface area contributed by atoms with Crippen LogP contribution in [0.4, 0.5) is 0 Å². The van der Waals surface area contributed by atoms with Crippen molar-refractivity contribution in [1.29, 1.82) is 0 Å². The zero-order chi connectivity index (χ0) is 15.9. The maximum Gasteiger partial charge on any atom is 0.239 e. The summed E-state index contributed by atoms with van der Waals surface area (Å²) in [6, 6.07) is 9.30. The van der Waals surface area contributed by atoms with Crippen LogP contribution in [-0.2, 0) is 16.0 Å². The second kappa shape index (κ2) is 13.1. The largest absolute Gasteiger partial charge is 0.395 e. The van der Waals surface area contributed by atoms with Gasteiger partial charge < -0.3 is 15.7 Å². The Balaban J connectivity index is 0.000000885. The Morgan fingerprint density at radius 3 is 2.14 bits per heavy atom. The van der Waals surface area contributed by atoms with Crippen LogP contribution in [0.3, 0.4) is 0 Å². The fraction of sp³-hybridized carbons (Fsp3) is 0.500. The standard InChI is InChI=1S/C12H16N2O3.C4H10/c15-7-6-13-12(17)9-14-11(16)8-10-4-2-1-3-5-10;1-3-4-2/h1-5,15H,6-9H2,(H,13,17)(H,14,16);3-4H2,1-2H3. The van der Waals surface area contributed by atoms with Gasteiger partial charge in [-0.2, -0.15) is 0 Å². The molecule has 0 aliphatic rings. The van der Waals surface area contributed by atoms with E-state index in [2.05, 4.69) is 24.5 Å². The van der Waals surface area contributed by atoms with Gasteiger partial charge in [-0.1, -0.05) is 57.0 Å². The van der Waals surface area contributed by atoms with Crippen LogP contribution in [0.5, 0.6) is 0 Å². The zero-order valence-electron chi connectivity index (χ0n) is 12.9. The Morgan fingerprint density at radius 1 is 1.00 bits per heavy atom. The van der Waals surface area contributed by atoms with Crippen LogP contribution < -0.4 is 10.6 Å². The lowest BCUT2D eigenvalue weighted by atomic mass is 10.1. The second-order valence-corrected chi connectivity index (χ2v) is 4.51. The number of aliphatic hydroxyl groups excluding tert-OH is 1. The molecular formula is C16H26N2O3. The average molecular weight is 294 g/mol. The zero-order valence-corrected chi connectivity index (χ0v) is 12.9. The molecule has 0 aromatic heterocycles. The number of rotatable bonds is 7. The second-order valence-electron chi connectivity index (χ2n) is 4.51. The van der Waals surface area contributed by atoms with E-state index < -0.39 is 0 Å². The highest BCUT2D eigenvalue weighted by Crippen LogP contribution is 1.98. The van der Waals surface area contributed by atoms with Gasteiger partial charge in [-0.3, -0.25) is 9.59 Å². The summed E-state index contributed by atoms with van der Waals surface area (Å²) in [6.45, 7) is 4.39. The van der Waals surface area contributed by atoms with Crippen molar-refractivity contribution in [3.05, 3.63) is 35.9 Å². The molecule has 0 radical (unpaired) electrons. The van der Waals surface area contributed by atoms with Crippen LogP contribution in [-0.4, -0.2) is 36.6 Å². The summed E-state index contributed by atoms with van der Waals surface area (Å²) in [7, 11) is 0. The van der Waals surface area contributed by atoms with Gasteiger partial charge in [-0.25, -0.2) is 0 Å². The van der Waals surface area contributed by atoms with Crippen LogP contribution in [0, 0.1) is 0 Å². The van der Waals surface area contributed by atoms with Gasteiger partial charge >= 0.3 is 0 Å². The molecule has 0 bridgehead atoms. The predicted octanol–water partition coefficient (Wildman–Crippen LogP) is 1.26. The van der Waals surface area contributed by atoms with E-state index in [0.29, 0.717) is 0 Å². The summed E-state index contributed by atoms with van der Waals surface area (Å²) in [5.74, 6) is -0.504.